The van der Waals surface area contributed by atoms with Crippen molar-refractivity contribution in [3.63, 3.8) is 0 Å². The van der Waals surface area contributed by atoms with E-state index in [4.69, 9.17) is 0 Å². The molecule has 0 saturated carbocycles. The molecule has 0 aromatic heterocycles. The Morgan fingerprint density at radius 1 is 1.50 bits per heavy atom. The van der Waals surface area contributed by atoms with Crippen LogP contribution in [0.15, 0.2) is 21.7 Å². The topological polar surface area (TPSA) is 62.1 Å². The molecule has 2 aliphatic heterocycles. The Morgan fingerprint density at radius 2 is 2.33 bits per heavy atom. The molecule has 0 aromatic carbocycles. The zero-order chi connectivity index (χ0) is 8.60. The Hall–Kier alpha value is -1.17. The molecule has 5 nitrogen and oxygen atoms in total. The monoisotopic (exact) mass is 185 g/mol. The van der Waals surface area contributed by atoms with Gasteiger partial charge >= 0.3 is 0 Å². The molecule has 0 atom stereocenters. The van der Waals surface area contributed by atoms with Crippen LogP contribution in [-0.2, 0) is 10.0 Å². The molecule has 64 valence electrons. The van der Waals surface area contributed by atoms with Crippen molar-refractivity contribution >= 4 is 22.2 Å². The van der Waals surface area contributed by atoms with Crippen LogP contribution in [0.4, 0.5) is 0 Å². The van der Waals surface area contributed by atoms with Crippen molar-refractivity contribution in [2.45, 2.75) is 0 Å². The van der Waals surface area contributed by atoms with E-state index in [1.807, 2.05) is 0 Å². The second kappa shape index (κ2) is 2.41. The van der Waals surface area contributed by atoms with Gasteiger partial charge in [-0.1, -0.05) is 0 Å². The molecule has 0 bridgehead atoms. The van der Waals surface area contributed by atoms with E-state index in [2.05, 4.69) is 9.39 Å². The van der Waals surface area contributed by atoms with Gasteiger partial charge in [-0.25, -0.2) is 13.4 Å². The van der Waals surface area contributed by atoms with E-state index in [1.54, 1.807) is 17.2 Å². The molecule has 0 radical (unpaired) electrons. The first-order valence-corrected chi connectivity index (χ1v) is 5.08. The molecule has 2 rings (SSSR count). The van der Waals surface area contributed by atoms with Gasteiger partial charge in [0, 0.05) is 19.0 Å². The second-order valence-electron chi connectivity index (χ2n) is 2.49. The highest BCUT2D eigenvalue weighted by Gasteiger charge is 2.22. The lowest BCUT2D eigenvalue weighted by Gasteiger charge is -2.23. The van der Waals surface area contributed by atoms with Crippen LogP contribution in [0.25, 0.3) is 0 Å². The highest BCUT2D eigenvalue weighted by atomic mass is 32.2. The normalized spacial score (nSPS) is 25.0. The largest absolute Gasteiger partial charge is 0.315 e. The van der Waals surface area contributed by atoms with Crippen molar-refractivity contribution in [2.75, 3.05) is 12.3 Å². The van der Waals surface area contributed by atoms with Gasteiger partial charge in [-0.3, -0.25) is 0 Å². The Labute approximate surface area is 70.2 Å². The smallest absolute Gasteiger partial charge is 0.258 e. The summed E-state index contributed by atoms with van der Waals surface area (Å²) in [4.78, 5) is 5.54. The molecule has 0 aromatic rings. The van der Waals surface area contributed by atoms with E-state index in [1.165, 1.54) is 6.21 Å². The Bertz CT molecular complexity index is 380. The highest BCUT2D eigenvalue weighted by Crippen LogP contribution is 2.09. The minimum atomic E-state index is -3.25. The summed E-state index contributed by atoms with van der Waals surface area (Å²) in [6.45, 7) is 0.439. The highest BCUT2D eigenvalue weighted by molar-refractivity contribution is 7.90. The fourth-order valence-corrected chi connectivity index (χ4v) is 1.95. The third kappa shape index (κ3) is 1.25. The predicted molar refractivity (Wildman–Crippen MR) is 45.6 cm³/mol. The number of nitrogens with zero attached hydrogens (tertiary/aromatic N) is 3. The zero-order valence-corrected chi connectivity index (χ0v) is 7.03. The number of sulfonamides is 1. The van der Waals surface area contributed by atoms with Gasteiger partial charge in [0.1, 0.15) is 0 Å². The molecule has 0 fully saturated rings. The van der Waals surface area contributed by atoms with Crippen LogP contribution in [0.5, 0.6) is 0 Å². The molecule has 0 saturated heterocycles. The average Bonchev–Trinajstić information content (AvgIpc) is 2.02. The van der Waals surface area contributed by atoms with E-state index < -0.39 is 10.0 Å². The van der Waals surface area contributed by atoms with Gasteiger partial charge in [-0.15, -0.1) is 4.40 Å². The van der Waals surface area contributed by atoms with E-state index in [-0.39, 0.29) is 11.7 Å². The summed E-state index contributed by atoms with van der Waals surface area (Å²) in [6.07, 6.45) is 5.04. The van der Waals surface area contributed by atoms with Gasteiger partial charge in [-0.05, 0) is 6.08 Å². The third-order valence-corrected chi connectivity index (χ3v) is 2.75. The van der Waals surface area contributed by atoms with E-state index in [0.29, 0.717) is 6.54 Å². The SMILES string of the molecule is O=S1(=O)CCN2C=CC=NC2=N1. The molecule has 2 aliphatic rings. The number of hydrogen-bond donors (Lipinski definition) is 0. The minimum absolute atomic E-state index is 0.0658. The van der Waals surface area contributed by atoms with Crippen LogP contribution >= 0.6 is 0 Å². The molecule has 0 N–H and O–H groups in total. The molecule has 0 spiro atoms. The van der Waals surface area contributed by atoms with Gasteiger partial charge in [0.15, 0.2) is 0 Å². The first-order chi connectivity index (χ1) is 5.67. The first kappa shape index (κ1) is 7.48. The van der Waals surface area contributed by atoms with Gasteiger partial charge < -0.3 is 4.90 Å². The molecular weight excluding hydrogens is 178 g/mol. The van der Waals surface area contributed by atoms with Crippen LogP contribution in [0.2, 0.25) is 0 Å². The van der Waals surface area contributed by atoms with Crippen LogP contribution in [0, 0.1) is 0 Å². The summed E-state index contributed by atoms with van der Waals surface area (Å²) >= 11 is 0. The van der Waals surface area contributed by atoms with Crippen molar-refractivity contribution in [3.8, 4) is 0 Å². The molecule has 2 heterocycles. The summed E-state index contributed by atoms with van der Waals surface area (Å²) in [6, 6.07) is 0. The van der Waals surface area contributed by atoms with Gasteiger partial charge in [0.2, 0.25) is 5.96 Å². The maximum Gasteiger partial charge on any atom is 0.258 e. The first-order valence-electron chi connectivity index (χ1n) is 3.47. The number of rotatable bonds is 0. The molecule has 12 heavy (non-hydrogen) atoms. The van der Waals surface area contributed by atoms with Crippen LogP contribution in [-0.4, -0.2) is 37.8 Å². The Balaban J connectivity index is 2.44. The fraction of sp³-hybridized carbons (Fsp3) is 0.333. The summed E-state index contributed by atoms with van der Waals surface area (Å²) < 4.78 is 25.5. The van der Waals surface area contributed by atoms with Crippen LogP contribution < -0.4 is 0 Å². The molecule has 0 unspecified atom stereocenters. The van der Waals surface area contributed by atoms with Crippen molar-refractivity contribution in [3.05, 3.63) is 12.3 Å². The lowest BCUT2D eigenvalue weighted by Crippen LogP contribution is -2.36. The van der Waals surface area contributed by atoms with E-state index in [0.717, 1.165) is 0 Å². The van der Waals surface area contributed by atoms with Crippen molar-refractivity contribution in [2.24, 2.45) is 9.39 Å². The van der Waals surface area contributed by atoms with Gasteiger partial charge in [0.25, 0.3) is 10.0 Å². The molecule has 0 amide bonds. The Kier molecular flexibility index (Phi) is 1.50. The maximum atomic E-state index is 11.0. The number of aliphatic imine (C=N–C) groups is 1. The number of fused-ring (bicyclic) bond motifs is 1. The summed E-state index contributed by atoms with van der Waals surface area (Å²) in [5, 5.41) is 0. The average molecular weight is 185 g/mol. The summed E-state index contributed by atoms with van der Waals surface area (Å²) in [5.74, 6) is 0.333. The lowest BCUT2D eigenvalue weighted by molar-refractivity contribution is 0.543. The minimum Gasteiger partial charge on any atom is -0.315 e. The van der Waals surface area contributed by atoms with E-state index >= 15 is 0 Å². The molecular formula is C6H7N3O2S. The third-order valence-electron chi connectivity index (χ3n) is 1.61. The summed E-state index contributed by atoms with van der Waals surface area (Å²) in [5.41, 5.74) is 0. The standard InChI is InChI=1S/C6H7N3O2S/c10-12(11)5-4-9-3-1-2-7-6(9)8-12/h1-3H,4-5H2. The van der Waals surface area contributed by atoms with Crippen LogP contribution in [0.3, 0.4) is 0 Å². The molecule has 6 heteroatoms. The molecule has 0 aliphatic carbocycles. The maximum absolute atomic E-state index is 11.0. The van der Waals surface area contributed by atoms with Gasteiger partial charge in [0.05, 0.1) is 5.75 Å². The van der Waals surface area contributed by atoms with E-state index in [9.17, 15) is 8.42 Å². The predicted octanol–water partition coefficient (Wildman–Crippen LogP) is -0.414. The summed E-state index contributed by atoms with van der Waals surface area (Å²) in [7, 11) is -3.25. The number of hydrogen-bond acceptors (Lipinski definition) is 4. The number of guanidine groups is 1. The van der Waals surface area contributed by atoms with Crippen molar-refractivity contribution < 1.29 is 8.42 Å². The fourth-order valence-electron chi connectivity index (χ4n) is 1.03. The number of allylic oxidation sites excluding steroid dienone is 1. The quantitative estimate of drug-likeness (QED) is 0.515. The van der Waals surface area contributed by atoms with Crippen molar-refractivity contribution in [1.29, 1.82) is 0 Å². The Morgan fingerprint density at radius 3 is 3.17 bits per heavy atom. The second-order valence-corrected chi connectivity index (χ2v) is 4.25. The zero-order valence-electron chi connectivity index (χ0n) is 6.21. The van der Waals surface area contributed by atoms with Crippen molar-refractivity contribution in [1.82, 2.24) is 4.90 Å². The lowest BCUT2D eigenvalue weighted by atomic mass is 10.5. The van der Waals surface area contributed by atoms with Crippen LogP contribution in [0.1, 0.15) is 0 Å². The van der Waals surface area contributed by atoms with Gasteiger partial charge in [-0.2, -0.15) is 0 Å².